The molecule has 82 valence electrons. The van der Waals surface area contributed by atoms with Crippen LogP contribution in [0.4, 0.5) is 0 Å². The fourth-order valence-electron chi connectivity index (χ4n) is 1.95. The molecule has 0 heterocycles. The lowest BCUT2D eigenvalue weighted by atomic mass is 9.84. The van der Waals surface area contributed by atoms with Gasteiger partial charge in [-0.05, 0) is 25.7 Å². The number of ether oxygens (including phenoxy) is 1. The van der Waals surface area contributed by atoms with E-state index in [0.29, 0.717) is 6.61 Å². The van der Waals surface area contributed by atoms with Gasteiger partial charge in [-0.25, -0.2) is 0 Å². The molecule has 2 unspecified atom stereocenters. The Bertz CT molecular complexity index is 182. The summed E-state index contributed by atoms with van der Waals surface area (Å²) in [7, 11) is 0. The SMILES string of the molecule is CCCOCC(=O)C1CCCC(N)C1. The third kappa shape index (κ3) is 3.76. The Morgan fingerprint density at radius 2 is 2.29 bits per heavy atom. The summed E-state index contributed by atoms with van der Waals surface area (Å²) in [6.07, 6.45) is 4.98. The van der Waals surface area contributed by atoms with Crippen LogP contribution in [0.25, 0.3) is 0 Å². The molecule has 1 aliphatic carbocycles. The number of carbonyl (C=O) groups is 1. The zero-order chi connectivity index (χ0) is 10.4. The average Bonchev–Trinajstić information content (AvgIpc) is 2.18. The van der Waals surface area contributed by atoms with Crippen molar-refractivity contribution in [2.75, 3.05) is 13.2 Å². The second-order valence-electron chi connectivity index (χ2n) is 4.14. The normalized spacial score (nSPS) is 27.6. The van der Waals surface area contributed by atoms with Gasteiger partial charge in [-0.1, -0.05) is 13.3 Å². The van der Waals surface area contributed by atoms with Crippen molar-refractivity contribution >= 4 is 5.78 Å². The Kier molecular flexibility index (Phi) is 5.12. The van der Waals surface area contributed by atoms with E-state index in [1.54, 1.807) is 0 Å². The van der Waals surface area contributed by atoms with E-state index in [4.69, 9.17) is 10.5 Å². The van der Waals surface area contributed by atoms with E-state index >= 15 is 0 Å². The molecule has 0 aliphatic heterocycles. The summed E-state index contributed by atoms with van der Waals surface area (Å²) >= 11 is 0. The van der Waals surface area contributed by atoms with E-state index in [0.717, 1.165) is 32.1 Å². The average molecular weight is 199 g/mol. The van der Waals surface area contributed by atoms with E-state index in [9.17, 15) is 4.79 Å². The van der Waals surface area contributed by atoms with E-state index < -0.39 is 0 Å². The number of nitrogens with two attached hydrogens (primary N) is 1. The van der Waals surface area contributed by atoms with Gasteiger partial charge in [0.15, 0.2) is 5.78 Å². The predicted molar refractivity (Wildman–Crippen MR) is 56.1 cm³/mol. The molecule has 3 nitrogen and oxygen atoms in total. The minimum atomic E-state index is 0.163. The molecule has 0 aromatic carbocycles. The van der Waals surface area contributed by atoms with E-state index in [2.05, 4.69) is 0 Å². The third-order valence-electron chi connectivity index (χ3n) is 2.76. The maximum atomic E-state index is 11.6. The van der Waals surface area contributed by atoms with Gasteiger partial charge >= 0.3 is 0 Å². The fourth-order valence-corrected chi connectivity index (χ4v) is 1.95. The van der Waals surface area contributed by atoms with Gasteiger partial charge in [-0.3, -0.25) is 4.79 Å². The molecule has 14 heavy (non-hydrogen) atoms. The van der Waals surface area contributed by atoms with Crippen molar-refractivity contribution in [2.24, 2.45) is 11.7 Å². The minimum absolute atomic E-state index is 0.163. The van der Waals surface area contributed by atoms with Crippen LogP contribution in [0.1, 0.15) is 39.0 Å². The summed E-state index contributed by atoms with van der Waals surface area (Å²) < 4.78 is 5.24. The number of carbonyl (C=O) groups excluding carboxylic acids is 1. The van der Waals surface area contributed by atoms with Crippen LogP contribution in [0.5, 0.6) is 0 Å². The smallest absolute Gasteiger partial charge is 0.161 e. The van der Waals surface area contributed by atoms with Crippen molar-refractivity contribution in [3.05, 3.63) is 0 Å². The number of ketones is 1. The molecule has 1 saturated carbocycles. The minimum Gasteiger partial charge on any atom is -0.374 e. The van der Waals surface area contributed by atoms with Gasteiger partial charge in [0.05, 0.1) is 0 Å². The van der Waals surface area contributed by atoms with Crippen molar-refractivity contribution in [2.45, 2.75) is 45.1 Å². The molecular formula is C11H21NO2. The topological polar surface area (TPSA) is 52.3 Å². The maximum absolute atomic E-state index is 11.6. The molecular weight excluding hydrogens is 178 g/mol. The van der Waals surface area contributed by atoms with Crippen LogP contribution in [0.3, 0.4) is 0 Å². The monoisotopic (exact) mass is 199 g/mol. The molecule has 3 heteroatoms. The lowest BCUT2D eigenvalue weighted by Gasteiger charge is -2.25. The van der Waals surface area contributed by atoms with Crippen LogP contribution in [-0.2, 0) is 9.53 Å². The molecule has 1 aliphatic rings. The van der Waals surface area contributed by atoms with Gasteiger partial charge in [0.1, 0.15) is 6.61 Å². The maximum Gasteiger partial charge on any atom is 0.161 e. The van der Waals surface area contributed by atoms with E-state index in [1.165, 1.54) is 0 Å². The predicted octanol–water partition coefficient (Wildman–Crippen LogP) is 1.50. The standard InChI is InChI=1S/C11H21NO2/c1-2-6-14-8-11(13)9-4-3-5-10(12)7-9/h9-10H,2-8,12H2,1H3. The molecule has 0 spiro atoms. The number of hydrogen-bond acceptors (Lipinski definition) is 3. The summed E-state index contributed by atoms with van der Waals surface area (Å²) in [6, 6.07) is 0.226. The molecule has 0 bridgehead atoms. The Morgan fingerprint density at radius 1 is 1.50 bits per heavy atom. The molecule has 2 atom stereocenters. The highest BCUT2D eigenvalue weighted by Crippen LogP contribution is 2.23. The Hall–Kier alpha value is -0.410. The molecule has 1 rings (SSSR count). The fraction of sp³-hybridized carbons (Fsp3) is 0.909. The van der Waals surface area contributed by atoms with Crippen LogP contribution >= 0.6 is 0 Å². The van der Waals surface area contributed by atoms with Crippen molar-refractivity contribution in [1.82, 2.24) is 0 Å². The summed E-state index contributed by atoms with van der Waals surface area (Å²) in [4.78, 5) is 11.6. The quantitative estimate of drug-likeness (QED) is 0.683. The number of Topliss-reactive ketones (excluding diaryl/α,β-unsaturated/α-hetero) is 1. The van der Waals surface area contributed by atoms with Gasteiger partial charge < -0.3 is 10.5 Å². The zero-order valence-corrected chi connectivity index (χ0v) is 9.00. The van der Waals surface area contributed by atoms with Gasteiger partial charge in [-0.2, -0.15) is 0 Å². The van der Waals surface area contributed by atoms with Crippen molar-refractivity contribution in [3.8, 4) is 0 Å². The van der Waals surface area contributed by atoms with Crippen molar-refractivity contribution in [3.63, 3.8) is 0 Å². The molecule has 0 amide bonds. The number of rotatable bonds is 5. The van der Waals surface area contributed by atoms with Gasteiger partial charge in [0.25, 0.3) is 0 Å². The van der Waals surface area contributed by atoms with Crippen LogP contribution in [-0.4, -0.2) is 25.0 Å². The van der Waals surface area contributed by atoms with Gasteiger partial charge in [0.2, 0.25) is 0 Å². The summed E-state index contributed by atoms with van der Waals surface area (Å²) in [6.45, 7) is 3.01. The lowest BCUT2D eigenvalue weighted by molar-refractivity contribution is -0.128. The van der Waals surface area contributed by atoms with Crippen LogP contribution < -0.4 is 5.73 Å². The van der Waals surface area contributed by atoms with E-state index in [1.807, 2.05) is 6.92 Å². The highest BCUT2D eigenvalue weighted by molar-refractivity contribution is 5.82. The first-order valence-corrected chi connectivity index (χ1v) is 5.60. The molecule has 2 N–H and O–H groups in total. The second-order valence-corrected chi connectivity index (χ2v) is 4.14. The first kappa shape index (κ1) is 11.7. The van der Waals surface area contributed by atoms with Gasteiger partial charge in [-0.15, -0.1) is 0 Å². The molecule has 1 fully saturated rings. The molecule has 0 saturated heterocycles. The molecule has 0 radical (unpaired) electrons. The Morgan fingerprint density at radius 3 is 2.93 bits per heavy atom. The van der Waals surface area contributed by atoms with Gasteiger partial charge in [0, 0.05) is 18.6 Å². The Labute approximate surface area is 86.0 Å². The summed E-state index contributed by atoms with van der Waals surface area (Å²) in [5.74, 6) is 0.407. The molecule has 0 aromatic rings. The lowest BCUT2D eigenvalue weighted by Crippen LogP contribution is -2.33. The first-order valence-electron chi connectivity index (χ1n) is 5.60. The summed E-state index contributed by atoms with van der Waals surface area (Å²) in [5.41, 5.74) is 5.82. The number of hydrogen-bond donors (Lipinski definition) is 1. The summed E-state index contributed by atoms with van der Waals surface area (Å²) in [5, 5.41) is 0. The third-order valence-corrected chi connectivity index (χ3v) is 2.76. The van der Waals surface area contributed by atoms with E-state index in [-0.39, 0.29) is 24.3 Å². The second kappa shape index (κ2) is 6.14. The molecule has 0 aromatic heterocycles. The highest BCUT2D eigenvalue weighted by Gasteiger charge is 2.24. The van der Waals surface area contributed by atoms with Crippen molar-refractivity contribution < 1.29 is 9.53 Å². The first-order chi connectivity index (χ1) is 6.74. The Balaban J connectivity index is 2.22. The van der Waals surface area contributed by atoms with Crippen LogP contribution in [0.2, 0.25) is 0 Å². The zero-order valence-electron chi connectivity index (χ0n) is 9.00. The van der Waals surface area contributed by atoms with Crippen molar-refractivity contribution in [1.29, 1.82) is 0 Å². The largest absolute Gasteiger partial charge is 0.374 e. The van der Waals surface area contributed by atoms with Crippen LogP contribution in [0, 0.1) is 5.92 Å². The highest BCUT2D eigenvalue weighted by atomic mass is 16.5. The van der Waals surface area contributed by atoms with Crippen LogP contribution in [0.15, 0.2) is 0 Å².